The second kappa shape index (κ2) is 7.29. The number of rotatable bonds is 3. The lowest BCUT2D eigenvalue weighted by atomic mass is 9.84. The number of fused-ring (bicyclic) bond motifs is 2. The predicted octanol–water partition coefficient (Wildman–Crippen LogP) is 1.21. The Morgan fingerprint density at radius 2 is 2.00 bits per heavy atom. The Hall–Kier alpha value is -1.04. The molecule has 21 heavy (non-hydrogen) atoms. The molecule has 2 aliphatic carbocycles. The van der Waals surface area contributed by atoms with E-state index in [0.717, 1.165) is 18.4 Å². The van der Waals surface area contributed by atoms with E-state index in [1.54, 1.807) is 12.3 Å². The van der Waals surface area contributed by atoms with Gasteiger partial charge in [-0.05, 0) is 36.7 Å². The molecule has 1 heterocycles. The highest BCUT2D eigenvalue weighted by Crippen LogP contribution is 2.47. The number of carbonyl (C=O) groups is 1. The maximum absolute atomic E-state index is 12.2. The van der Waals surface area contributed by atoms with E-state index in [0.29, 0.717) is 18.4 Å². The summed E-state index contributed by atoms with van der Waals surface area (Å²) in [6.45, 7) is 0.441. The first-order chi connectivity index (χ1) is 9.15. The van der Waals surface area contributed by atoms with E-state index < -0.39 is 0 Å². The normalized spacial score (nSPS) is 29.4. The molecule has 1 aromatic rings. The summed E-state index contributed by atoms with van der Waals surface area (Å²) in [4.78, 5) is 25.8. The molecule has 4 atom stereocenters. The molecule has 0 saturated heterocycles. The molecular formula is C14H21Cl2N3O2. The Balaban J connectivity index is 0.00000110. The van der Waals surface area contributed by atoms with Crippen molar-refractivity contribution in [2.24, 2.45) is 23.5 Å². The van der Waals surface area contributed by atoms with Gasteiger partial charge in [0.05, 0.1) is 5.92 Å². The second-order valence-electron chi connectivity index (χ2n) is 5.72. The minimum Gasteiger partial charge on any atom is -0.352 e. The van der Waals surface area contributed by atoms with E-state index in [-0.39, 0.29) is 48.2 Å². The molecule has 4 N–H and O–H groups in total. The topological polar surface area (TPSA) is 88.0 Å². The van der Waals surface area contributed by atoms with Gasteiger partial charge in [0.1, 0.15) is 0 Å². The van der Waals surface area contributed by atoms with Gasteiger partial charge in [0.25, 0.3) is 0 Å². The Labute approximate surface area is 135 Å². The molecule has 2 aliphatic rings. The summed E-state index contributed by atoms with van der Waals surface area (Å²) in [6, 6.07) is 3.21. The fraction of sp³-hybridized carbons (Fsp3) is 0.571. The van der Waals surface area contributed by atoms with Crippen LogP contribution in [-0.2, 0) is 11.3 Å². The standard InChI is InChI=1S/C14H19N3O2.2ClH/c15-13-10-3-2-9(5-10)12(13)14(19)17-7-8-1-4-11(18)16-6-8;;/h1,4,6,9-10,12-13H,2-3,5,7,15H2,(H,16,18)(H,17,19);2*1H. The van der Waals surface area contributed by atoms with Crippen LogP contribution in [-0.4, -0.2) is 16.9 Å². The summed E-state index contributed by atoms with van der Waals surface area (Å²) >= 11 is 0. The summed E-state index contributed by atoms with van der Waals surface area (Å²) in [5.41, 5.74) is 6.90. The zero-order valence-electron chi connectivity index (χ0n) is 11.6. The van der Waals surface area contributed by atoms with Crippen LogP contribution < -0.4 is 16.6 Å². The third-order valence-electron chi connectivity index (χ3n) is 4.60. The molecule has 1 amide bonds. The summed E-state index contributed by atoms with van der Waals surface area (Å²) in [6.07, 6.45) is 5.05. The van der Waals surface area contributed by atoms with Gasteiger partial charge in [-0.2, -0.15) is 0 Å². The van der Waals surface area contributed by atoms with Gasteiger partial charge in [0, 0.05) is 24.8 Å². The van der Waals surface area contributed by atoms with Crippen molar-refractivity contribution in [1.82, 2.24) is 10.3 Å². The average Bonchev–Trinajstić information content (AvgIpc) is 2.98. The van der Waals surface area contributed by atoms with E-state index in [9.17, 15) is 9.59 Å². The molecule has 0 aromatic carbocycles. The van der Waals surface area contributed by atoms with Crippen molar-refractivity contribution in [1.29, 1.82) is 0 Å². The fourth-order valence-electron chi connectivity index (χ4n) is 3.58. The minimum atomic E-state index is -0.134. The molecule has 2 saturated carbocycles. The van der Waals surface area contributed by atoms with Gasteiger partial charge >= 0.3 is 0 Å². The van der Waals surface area contributed by atoms with E-state index in [2.05, 4.69) is 10.3 Å². The number of carbonyl (C=O) groups excluding carboxylic acids is 1. The highest BCUT2D eigenvalue weighted by Gasteiger charge is 2.48. The zero-order chi connectivity index (χ0) is 13.4. The van der Waals surface area contributed by atoms with E-state index in [1.807, 2.05) is 0 Å². The maximum atomic E-state index is 12.2. The molecule has 2 fully saturated rings. The van der Waals surface area contributed by atoms with Crippen molar-refractivity contribution < 1.29 is 4.79 Å². The van der Waals surface area contributed by atoms with Gasteiger partial charge in [0.15, 0.2) is 0 Å². The number of hydrogen-bond donors (Lipinski definition) is 3. The van der Waals surface area contributed by atoms with Gasteiger partial charge in [0.2, 0.25) is 11.5 Å². The quantitative estimate of drug-likeness (QED) is 0.776. The Morgan fingerprint density at radius 1 is 1.29 bits per heavy atom. The Kier molecular flexibility index (Phi) is 6.25. The van der Waals surface area contributed by atoms with Crippen LogP contribution >= 0.6 is 24.8 Å². The smallest absolute Gasteiger partial charge is 0.247 e. The van der Waals surface area contributed by atoms with Crippen LogP contribution in [0.1, 0.15) is 24.8 Å². The number of hydrogen-bond acceptors (Lipinski definition) is 3. The van der Waals surface area contributed by atoms with Crippen LogP contribution in [0, 0.1) is 17.8 Å². The van der Waals surface area contributed by atoms with Crippen molar-refractivity contribution in [2.45, 2.75) is 31.8 Å². The first-order valence-electron chi connectivity index (χ1n) is 6.86. The van der Waals surface area contributed by atoms with Crippen LogP contribution in [0.3, 0.4) is 0 Å². The fourth-order valence-corrected chi connectivity index (χ4v) is 3.58. The molecule has 5 nitrogen and oxygen atoms in total. The molecule has 7 heteroatoms. The van der Waals surface area contributed by atoms with Crippen molar-refractivity contribution in [2.75, 3.05) is 0 Å². The summed E-state index contributed by atoms with van der Waals surface area (Å²) in [5, 5.41) is 2.93. The lowest BCUT2D eigenvalue weighted by molar-refractivity contribution is -0.127. The molecule has 2 bridgehead atoms. The number of H-pyrrole nitrogens is 1. The number of aromatic amines is 1. The van der Waals surface area contributed by atoms with Crippen LogP contribution in [0.15, 0.2) is 23.1 Å². The van der Waals surface area contributed by atoms with Crippen molar-refractivity contribution in [3.63, 3.8) is 0 Å². The molecule has 4 unspecified atom stereocenters. The molecular weight excluding hydrogens is 313 g/mol. The number of aromatic nitrogens is 1. The number of nitrogens with two attached hydrogens (primary N) is 1. The lowest BCUT2D eigenvalue weighted by Crippen LogP contribution is -2.45. The first-order valence-corrected chi connectivity index (χ1v) is 6.86. The highest BCUT2D eigenvalue weighted by atomic mass is 35.5. The maximum Gasteiger partial charge on any atom is 0.247 e. The molecule has 0 aliphatic heterocycles. The molecule has 0 radical (unpaired) electrons. The zero-order valence-corrected chi connectivity index (χ0v) is 13.2. The first kappa shape index (κ1) is 18.0. The summed E-state index contributed by atoms with van der Waals surface area (Å²) in [5.74, 6) is 1.04. The second-order valence-corrected chi connectivity index (χ2v) is 5.72. The van der Waals surface area contributed by atoms with Crippen molar-refractivity contribution in [3.8, 4) is 0 Å². The largest absolute Gasteiger partial charge is 0.352 e. The Bertz CT molecular complexity index is 527. The molecule has 0 spiro atoms. The van der Waals surface area contributed by atoms with Crippen molar-refractivity contribution >= 4 is 30.7 Å². The average molecular weight is 334 g/mol. The van der Waals surface area contributed by atoms with Gasteiger partial charge < -0.3 is 16.0 Å². The third kappa shape index (κ3) is 3.59. The van der Waals surface area contributed by atoms with E-state index in [4.69, 9.17) is 5.73 Å². The highest BCUT2D eigenvalue weighted by molar-refractivity contribution is 5.85. The Morgan fingerprint density at radius 3 is 2.57 bits per heavy atom. The van der Waals surface area contributed by atoms with Gasteiger partial charge in [-0.25, -0.2) is 0 Å². The third-order valence-corrected chi connectivity index (χ3v) is 4.60. The van der Waals surface area contributed by atoms with Gasteiger partial charge in [-0.15, -0.1) is 24.8 Å². The number of pyridine rings is 1. The summed E-state index contributed by atoms with van der Waals surface area (Å²) in [7, 11) is 0. The van der Waals surface area contributed by atoms with Crippen molar-refractivity contribution in [3.05, 3.63) is 34.2 Å². The van der Waals surface area contributed by atoms with Crippen LogP contribution in [0.25, 0.3) is 0 Å². The summed E-state index contributed by atoms with van der Waals surface area (Å²) < 4.78 is 0. The number of halogens is 2. The lowest BCUT2D eigenvalue weighted by Gasteiger charge is -2.27. The number of amides is 1. The van der Waals surface area contributed by atoms with Crippen LogP contribution in [0.4, 0.5) is 0 Å². The molecule has 3 rings (SSSR count). The molecule has 1 aromatic heterocycles. The van der Waals surface area contributed by atoms with Crippen LogP contribution in [0.2, 0.25) is 0 Å². The van der Waals surface area contributed by atoms with Gasteiger partial charge in [-0.3, -0.25) is 9.59 Å². The monoisotopic (exact) mass is 333 g/mol. The minimum absolute atomic E-state index is 0. The molecule has 118 valence electrons. The predicted molar refractivity (Wildman–Crippen MR) is 85.7 cm³/mol. The van der Waals surface area contributed by atoms with Crippen LogP contribution in [0.5, 0.6) is 0 Å². The van der Waals surface area contributed by atoms with E-state index >= 15 is 0 Å². The van der Waals surface area contributed by atoms with E-state index in [1.165, 1.54) is 12.5 Å². The number of nitrogens with one attached hydrogen (secondary N) is 2. The SMILES string of the molecule is Cl.Cl.NC1C2CCC(C2)C1C(=O)NCc1ccc(=O)[nH]c1. The van der Waals surface area contributed by atoms with Gasteiger partial charge in [-0.1, -0.05) is 6.07 Å².